The first-order valence-corrected chi connectivity index (χ1v) is 7.34. The highest BCUT2D eigenvalue weighted by molar-refractivity contribution is 5.93. The number of carbonyl (C=O) groups excluding carboxylic acids is 3. The van der Waals surface area contributed by atoms with Gasteiger partial charge in [0.25, 0.3) is 0 Å². The molecule has 3 N–H and O–H groups in total. The van der Waals surface area contributed by atoms with Crippen molar-refractivity contribution in [2.45, 2.75) is 32.9 Å². The van der Waals surface area contributed by atoms with Crippen LogP contribution in [0.2, 0.25) is 0 Å². The number of carbonyl (C=O) groups is 3. The Labute approximate surface area is 129 Å². The maximum absolute atomic E-state index is 12.2. The van der Waals surface area contributed by atoms with Crippen molar-refractivity contribution >= 4 is 17.7 Å². The van der Waals surface area contributed by atoms with Crippen LogP contribution in [0.25, 0.3) is 0 Å². The molecule has 0 spiro atoms. The standard InChI is InChI=1S/C16H21N3O3/c1-10(2)19-9-13(7-14(19)20)16(22)18-8-11-4-3-5-12(6-11)15(17)21/h3-6,10,13H,7-9H2,1-2H3,(H2,17,21)(H,18,22). The van der Waals surface area contributed by atoms with Crippen molar-refractivity contribution in [3.8, 4) is 0 Å². The molecule has 0 saturated carbocycles. The van der Waals surface area contributed by atoms with Crippen LogP contribution < -0.4 is 11.1 Å². The van der Waals surface area contributed by atoms with E-state index in [1.165, 1.54) is 0 Å². The Morgan fingerprint density at radius 3 is 2.73 bits per heavy atom. The molecule has 0 radical (unpaired) electrons. The number of primary amides is 1. The molecule has 118 valence electrons. The number of benzene rings is 1. The van der Waals surface area contributed by atoms with Crippen LogP contribution in [0.15, 0.2) is 24.3 Å². The Morgan fingerprint density at radius 2 is 2.14 bits per heavy atom. The van der Waals surface area contributed by atoms with E-state index in [0.29, 0.717) is 18.7 Å². The number of nitrogens with zero attached hydrogens (tertiary/aromatic N) is 1. The third kappa shape index (κ3) is 3.63. The summed E-state index contributed by atoms with van der Waals surface area (Å²) in [7, 11) is 0. The molecule has 1 aliphatic heterocycles. The van der Waals surface area contributed by atoms with Crippen LogP contribution in [-0.4, -0.2) is 35.2 Å². The average molecular weight is 303 g/mol. The predicted molar refractivity (Wildman–Crippen MR) is 81.8 cm³/mol. The third-order valence-corrected chi connectivity index (χ3v) is 3.83. The molecule has 1 unspecified atom stereocenters. The highest BCUT2D eigenvalue weighted by atomic mass is 16.2. The van der Waals surface area contributed by atoms with Gasteiger partial charge in [-0.2, -0.15) is 0 Å². The number of rotatable bonds is 5. The normalized spacial score (nSPS) is 17.9. The Bertz CT molecular complexity index is 598. The minimum atomic E-state index is -0.498. The van der Waals surface area contributed by atoms with E-state index in [9.17, 15) is 14.4 Å². The minimum Gasteiger partial charge on any atom is -0.366 e. The Kier molecular flexibility index (Phi) is 4.80. The molecular formula is C16H21N3O3. The Hall–Kier alpha value is -2.37. The predicted octanol–water partition coefficient (Wildman–Crippen LogP) is 0.659. The fourth-order valence-corrected chi connectivity index (χ4v) is 2.57. The van der Waals surface area contributed by atoms with Crippen molar-refractivity contribution in [2.24, 2.45) is 11.7 Å². The van der Waals surface area contributed by atoms with Crippen molar-refractivity contribution in [2.75, 3.05) is 6.54 Å². The fraction of sp³-hybridized carbons (Fsp3) is 0.438. The summed E-state index contributed by atoms with van der Waals surface area (Å²) >= 11 is 0. The average Bonchev–Trinajstić information content (AvgIpc) is 2.87. The summed E-state index contributed by atoms with van der Waals surface area (Å²) in [5, 5.41) is 2.82. The van der Waals surface area contributed by atoms with E-state index >= 15 is 0 Å². The van der Waals surface area contributed by atoms with Crippen molar-refractivity contribution in [3.05, 3.63) is 35.4 Å². The molecule has 1 atom stereocenters. The van der Waals surface area contributed by atoms with Gasteiger partial charge in [-0.1, -0.05) is 12.1 Å². The Balaban J connectivity index is 1.92. The highest BCUT2D eigenvalue weighted by Gasteiger charge is 2.35. The van der Waals surface area contributed by atoms with Crippen LogP contribution in [-0.2, 0) is 16.1 Å². The molecule has 1 aromatic rings. The topological polar surface area (TPSA) is 92.5 Å². The molecule has 1 aromatic carbocycles. The smallest absolute Gasteiger partial charge is 0.248 e. The second-order valence-electron chi connectivity index (χ2n) is 5.82. The lowest BCUT2D eigenvalue weighted by atomic mass is 10.1. The zero-order valence-electron chi connectivity index (χ0n) is 12.8. The summed E-state index contributed by atoms with van der Waals surface area (Å²) in [6, 6.07) is 6.93. The molecule has 0 bridgehead atoms. The van der Waals surface area contributed by atoms with Crippen LogP contribution in [0.3, 0.4) is 0 Å². The van der Waals surface area contributed by atoms with Crippen molar-refractivity contribution in [3.63, 3.8) is 0 Å². The second kappa shape index (κ2) is 6.60. The molecule has 1 heterocycles. The van der Waals surface area contributed by atoms with Gasteiger partial charge >= 0.3 is 0 Å². The van der Waals surface area contributed by atoms with Gasteiger partial charge in [0.1, 0.15) is 0 Å². The monoisotopic (exact) mass is 303 g/mol. The summed E-state index contributed by atoms with van der Waals surface area (Å²) in [5.74, 6) is -0.928. The first kappa shape index (κ1) is 16.0. The zero-order valence-corrected chi connectivity index (χ0v) is 12.8. The van der Waals surface area contributed by atoms with E-state index in [-0.39, 0.29) is 30.2 Å². The second-order valence-corrected chi connectivity index (χ2v) is 5.82. The fourth-order valence-electron chi connectivity index (χ4n) is 2.57. The molecule has 22 heavy (non-hydrogen) atoms. The summed E-state index contributed by atoms with van der Waals surface area (Å²) in [4.78, 5) is 36.8. The van der Waals surface area contributed by atoms with Crippen LogP contribution in [0, 0.1) is 5.92 Å². The van der Waals surface area contributed by atoms with E-state index < -0.39 is 5.91 Å². The zero-order chi connectivity index (χ0) is 16.3. The van der Waals surface area contributed by atoms with Gasteiger partial charge in [-0.3, -0.25) is 14.4 Å². The van der Waals surface area contributed by atoms with Crippen molar-refractivity contribution in [1.82, 2.24) is 10.2 Å². The van der Waals surface area contributed by atoms with E-state index in [2.05, 4.69) is 5.32 Å². The summed E-state index contributed by atoms with van der Waals surface area (Å²) < 4.78 is 0. The minimum absolute atomic E-state index is 0.0193. The molecule has 6 heteroatoms. The molecule has 2 rings (SSSR count). The SMILES string of the molecule is CC(C)N1CC(C(=O)NCc2cccc(C(N)=O)c2)CC1=O. The molecule has 1 saturated heterocycles. The first-order valence-electron chi connectivity index (χ1n) is 7.34. The summed E-state index contributed by atoms with van der Waals surface area (Å²) in [6.07, 6.45) is 0.255. The number of nitrogens with one attached hydrogen (secondary N) is 1. The van der Waals surface area contributed by atoms with E-state index in [1.807, 2.05) is 19.9 Å². The summed E-state index contributed by atoms with van der Waals surface area (Å²) in [5.41, 5.74) is 6.44. The lowest BCUT2D eigenvalue weighted by Crippen LogP contribution is -2.35. The van der Waals surface area contributed by atoms with Crippen LogP contribution in [0.5, 0.6) is 0 Å². The molecule has 3 amide bonds. The van der Waals surface area contributed by atoms with Crippen LogP contribution >= 0.6 is 0 Å². The van der Waals surface area contributed by atoms with Gasteiger partial charge in [0.15, 0.2) is 0 Å². The molecular weight excluding hydrogens is 282 g/mol. The van der Waals surface area contributed by atoms with Gasteiger partial charge in [-0.25, -0.2) is 0 Å². The molecule has 1 aliphatic rings. The van der Waals surface area contributed by atoms with Crippen LogP contribution in [0.1, 0.15) is 36.2 Å². The quantitative estimate of drug-likeness (QED) is 0.837. The van der Waals surface area contributed by atoms with Gasteiger partial charge in [-0.15, -0.1) is 0 Å². The maximum atomic E-state index is 12.2. The number of likely N-dealkylation sites (tertiary alicyclic amines) is 1. The first-order chi connectivity index (χ1) is 10.4. The van der Waals surface area contributed by atoms with Gasteiger partial charge < -0.3 is 16.0 Å². The van der Waals surface area contributed by atoms with E-state index in [1.54, 1.807) is 23.1 Å². The molecule has 1 fully saturated rings. The van der Waals surface area contributed by atoms with Crippen molar-refractivity contribution < 1.29 is 14.4 Å². The van der Waals surface area contributed by atoms with Gasteiger partial charge in [0.05, 0.1) is 5.92 Å². The van der Waals surface area contributed by atoms with E-state index in [0.717, 1.165) is 5.56 Å². The number of hydrogen-bond acceptors (Lipinski definition) is 3. The molecule has 0 aromatic heterocycles. The van der Waals surface area contributed by atoms with Crippen LogP contribution in [0.4, 0.5) is 0 Å². The lowest BCUT2D eigenvalue weighted by Gasteiger charge is -2.20. The summed E-state index contributed by atoms with van der Waals surface area (Å²) in [6.45, 7) is 4.65. The van der Waals surface area contributed by atoms with Gasteiger partial charge in [-0.05, 0) is 31.5 Å². The highest BCUT2D eigenvalue weighted by Crippen LogP contribution is 2.20. The molecule has 6 nitrogen and oxygen atoms in total. The van der Waals surface area contributed by atoms with Gasteiger partial charge in [0.2, 0.25) is 17.7 Å². The molecule has 0 aliphatic carbocycles. The third-order valence-electron chi connectivity index (χ3n) is 3.83. The number of nitrogens with two attached hydrogens (primary N) is 1. The lowest BCUT2D eigenvalue weighted by molar-refractivity contribution is -0.130. The number of amides is 3. The Morgan fingerprint density at radius 1 is 1.41 bits per heavy atom. The number of hydrogen-bond donors (Lipinski definition) is 2. The van der Waals surface area contributed by atoms with E-state index in [4.69, 9.17) is 5.73 Å². The van der Waals surface area contributed by atoms with Gasteiger partial charge in [0, 0.05) is 31.1 Å². The largest absolute Gasteiger partial charge is 0.366 e. The van der Waals surface area contributed by atoms with Crippen molar-refractivity contribution in [1.29, 1.82) is 0 Å². The maximum Gasteiger partial charge on any atom is 0.248 e.